The van der Waals surface area contributed by atoms with Crippen molar-refractivity contribution >= 4 is 17.3 Å². The third kappa shape index (κ3) is 3.15. The van der Waals surface area contributed by atoms with E-state index in [0.717, 1.165) is 18.2 Å². The van der Waals surface area contributed by atoms with Crippen molar-refractivity contribution in [2.45, 2.75) is 19.4 Å². The van der Waals surface area contributed by atoms with Gasteiger partial charge >= 0.3 is 0 Å². The number of nitrogens with one attached hydrogen (secondary N) is 1. The summed E-state index contributed by atoms with van der Waals surface area (Å²) >= 11 is 0. The molecule has 0 spiro atoms. The average Bonchev–Trinajstić information content (AvgIpc) is 2.30. The molecule has 0 saturated carbocycles. The first-order chi connectivity index (χ1) is 7.95. The maximum absolute atomic E-state index is 11.5. The summed E-state index contributed by atoms with van der Waals surface area (Å²) in [5.41, 5.74) is 5.25. The molecule has 4 N–H and O–H groups in total. The fraction of sp³-hybridized carbons (Fsp3) is 0.300. The zero-order valence-corrected chi connectivity index (χ0v) is 9.21. The number of nitro groups is 1. The number of hydrogen-bond acceptors (Lipinski definition) is 5. The highest BCUT2D eigenvalue weighted by atomic mass is 16.6. The molecule has 0 aliphatic rings. The normalized spacial score (nSPS) is 11.9. The highest BCUT2D eigenvalue weighted by Crippen LogP contribution is 2.27. The Morgan fingerprint density at radius 3 is 2.82 bits per heavy atom. The zero-order valence-electron chi connectivity index (χ0n) is 9.21. The fourth-order valence-corrected chi connectivity index (χ4v) is 1.15. The van der Waals surface area contributed by atoms with Crippen LogP contribution in [0.4, 0.5) is 11.4 Å². The van der Waals surface area contributed by atoms with Gasteiger partial charge in [-0.1, -0.05) is 6.92 Å². The summed E-state index contributed by atoms with van der Waals surface area (Å²) in [5.74, 6) is -0.740. The van der Waals surface area contributed by atoms with E-state index in [1.807, 2.05) is 0 Å². The van der Waals surface area contributed by atoms with Gasteiger partial charge in [-0.05, 0) is 12.5 Å². The van der Waals surface area contributed by atoms with E-state index in [0.29, 0.717) is 6.42 Å². The van der Waals surface area contributed by atoms with Crippen LogP contribution in [0.25, 0.3) is 0 Å². The minimum Gasteiger partial charge on any atom is -0.506 e. The Kier molecular flexibility index (Phi) is 4.00. The van der Waals surface area contributed by atoms with Gasteiger partial charge in [0.2, 0.25) is 5.91 Å². The Bertz CT molecular complexity index is 447. The molecule has 0 aliphatic carbocycles. The highest BCUT2D eigenvalue weighted by molar-refractivity contribution is 5.96. The Morgan fingerprint density at radius 1 is 1.65 bits per heavy atom. The predicted molar refractivity (Wildman–Crippen MR) is 61.7 cm³/mol. The van der Waals surface area contributed by atoms with Crippen LogP contribution in [0.5, 0.6) is 5.75 Å². The second kappa shape index (κ2) is 5.26. The molecule has 7 heteroatoms. The SMILES string of the molecule is CC[C@H](N)C(=O)Nc1cc([N+](=O)[O-])ccc1O. The van der Waals surface area contributed by atoms with Crippen molar-refractivity contribution in [3.63, 3.8) is 0 Å². The summed E-state index contributed by atoms with van der Waals surface area (Å²) in [6, 6.07) is 2.65. The Hall–Kier alpha value is -2.15. The summed E-state index contributed by atoms with van der Waals surface area (Å²) in [5, 5.41) is 22.3. The molecule has 0 bridgehead atoms. The summed E-state index contributed by atoms with van der Waals surface area (Å²) < 4.78 is 0. The largest absolute Gasteiger partial charge is 0.506 e. The van der Waals surface area contributed by atoms with E-state index in [9.17, 15) is 20.0 Å². The molecule has 7 nitrogen and oxygen atoms in total. The Morgan fingerprint density at radius 2 is 2.29 bits per heavy atom. The van der Waals surface area contributed by atoms with Crippen molar-refractivity contribution in [2.75, 3.05) is 5.32 Å². The van der Waals surface area contributed by atoms with Crippen LogP contribution in [0.1, 0.15) is 13.3 Å². The first-order valence-electron chi connectivity index (χ1n) is 4.99. The quantitative estimate of drug-likeness (QED) is 0.411. The number of amides is 1. The lowest BCUT2D eigenvalue weighted by Gasteiger charge is -2.10. The van der Waals surface area contributed by atoms with E-state index in [-0.39, 0.29) is 17.1 Å². The monoisotopic (exact) mass is 239 g/mol. The fourth-order valence-electron chi connectivity index (χ4n) is 1.15. The number of benzene rings is 1. The standard InChI is InChI=1S/C10H13N3O4/c1-2-7(11)10(15)12-8-5-6(13(16)17)3-4-9(8)14/h3-5,7,14H,2,11H2,1H3,(H,12,15)/t7-/m0/s1. The van der Waals surface area contributed by atoms with Crippen LogP contribution in [0.2, 0.25) is 0 Å². The number of nitrogens with two attached hydrogens (primary N) is 1. The third-order valence-electron chi connectivity index (χ3n) is 2.23. The van der Waals surface area contributed by atoms with Crippen molar-refractivity contribution in [2.24, 2.45) is 5.73 Å². The van der Waals surface area contributed by atoms with Crippen molar-refractivity contribution < 1.29 is 14.8 Å². The van der Waals surface area contributed by atoms with E-state index < -0.39 is 16.9 Å². The van der Waals surface area contributed by atoms with Crippen molar-refractivity contribution in [3.8, 4) is 5.75 Å². The van der Waals surface area contributed by atoms with Gasteiger partial charge in [0, 0.05) is 12.1 Å². The molecule has 0 aromatic heterocycles. The van der Waals surface area contributed by atoms with Crippen LogP contribution < -0.4 is 11.1 Å². The van der Waals surface area contributed by atoms with Gasteiger partial charge in [-0.2, -0.15) is 0 Å². The maximum atomic E-state index is 11.5. The van der Waals surface area contributed by atoms with E-state index in [1.165, 1.54) is 0 Å². The van der Waals surface area contributed by atoms with Gasteiger partial charge in [0.15, 0.2) is 0 Å². The first-order valence-corrected chi connectivity index (χ1v) is 4.99. The lowest BCUT2D eigenvalue weighted by atomic mass is 10.2. The number of phenolic OH excluding ortho intramolecular Hbond substituents is 1. The molecule has 1 aromatic rings. The molecular formula is C10H13N3O4. The van der Waals surface area contributed by atoms with Gasteiger partial charge in [0.05, 0.1) is 16.7 Å². The molecule has 92 valence electrons. The average molecular weight is 239 g/mol. The van der Waals surface area contributed by atoms with Gasteiger partial charge < -0.3 is 16.2 Å². The number of phenols is 1. The Balaban J connectivity index is 2.94. The topological polar surface area (TPSA) is 118 Å². The molecule has 1 rings (SSSR count). The minimum absolute atomic E-state index is 0.0203. The second-order valence-corrected chi connectivity index (χ2v) is 3.46. The number of carbonyl (C=O) groups is 1. The van der Waals surface area contributed by atoms with Gasteiger partial charge in [-0.25, -0.2) is 0 Å². The molecule has 0 fully saturated rings. The summed E-state index contributed by atoms with van der Waals surface area (Å²) in [7, 11) is 0. The van der Waals surface area contributed by atoms with Crippen LogP contribution in [-0.2, 0) is 4.79 Å². The minimum atomic E-state index is -0.714. The van der Waals surface area contributed by atoms with Crippen LogP contribution in [0, 0.1) is 10.1 Å². The molecule has 0 unspecified atom stereocenters. The van der Waals surface area contributed by atoms with Crippen LogP contribution in [-0.4, -0.2) is 22.0 Å². The van der Waals surface area contributed by atoms with Gasteiger partial charge in [0.1, 0.15) is 5.75 Å². The zero-order chi connectivity index (χ0) is 13.0. The molecule has 0 saturated heterocycles. The number of nitrogens with zero attached hydrogens (tertiary/aromatic N) is 1. The molecule has 0 heterocycles. The van der Waals surface area contributed by atoms with Gasteiger partial charge in [-0.15, -0.1) is 0 Å². The maximum Gasteiger partial charge on any atom is 0.271 e. The number of non-ortho nitro benzene ring substituents is 1. The number of hydrogen-bond donors (Lipinski definition) is 3. The lowest BCUT2D eigenvalue weighted by molar-refractivity contribution is -0.384. The highest BCUT2D eigenvalue weighted by Gasteiger charge is 2.15. The van der Waals surface area contributed by atoms with Crippen molar-refractivity contribution in [1.82, 2.24) is 0 Å². The number of nitro benzene ring substituents is 1. The first kappa shape index (κ1) is 12.9. The number of rotatable bonds is 4. The molecule has 1 atom stereocenters. The Labute approximate surface area is 97.4 Å². The molecule has 0 radical (unpaired) electrons. The number of aromatic hydroxyl groups is 1. The van der Waals surface area contributed by atoms with Crippen molar-refractivity contribution in [3.05, 3.63) is 28.3 Å². The number of carbonyl (C=O) groups excluding carboxylic acids is 1. The smallest absolute Gasteiger partial charge is 0.271 e. The summed E-state index contributed by atoms with van der Waals surface area (Å²) in [6.45, 7) is 1.73. The molecule has 17 heavy (non-hydrogen) atoms. The lowest BCUT2D eigenvalue weighted by Crippen LogP contribution is -2.34. The van der Waals surface area contributed by atoms with Crippen LogP contribution in [0.3, 0.4) is 0 Å². The van der Waals surface area contributed by atoms with Gasteiger partial charge in [0.25, 0.3) is 5.69 Å². The molecule has 1 amide bonds. The van der Waals surface area contributed by atoms with Crippen molar-refractivity contribution in [1.29, 1.82) is 0 Å². The number of anilines is 1. The molecular weight excluding hydrogens is 226 g/mol. The van der Waals surface area contributed by atoms with E-state index in [1.54, 1.807) is 6.92 Å². The van der Waals surface area contributed by atoms with E-state index >= 15 is 0 Å². The predicted octanol–water partition coefficient (Wildman–Crippen LogP) is 0.976. The molecule has 0 aliphatic heterocycles. The summed E-state index contributed by atoms with van der Waals surface area (Å²) in [6.07, 6.45) is 0.432. The van der Waals surface area contributed by atoms with Gasteiger partial charge in [-0.3, -0.25) is 14.9 Å². The van der Waals surface area contributed by atoms with E-state index in [2.05, 4.69) is 5.32 Å². The van der Waals surface area contributed by atoms with E-state index in [4.69, 9.17) is 5.73 Å². The third-order valence-corrected chi connectivity index (χ3v) is 2.23. The van der Waals surface area contributed by atoms with Crippen LogP contribution in [0.15, 0.2) is 18.2 Å². The second-order valence-electron chi connectivity index (χ2n) is 3.46. The molecule has 1 aromatic carbocycles. The summed E-state index contributed by atoms with van der Waals surface area (Å²) in [4.78, 5) is 21.4. The van der Waals surface area contributed by atoms with Crippen LogP contribution >= 0.6 is 0 Å².